The van der Waals surface area contributed by atoms with Gasteiger partial charge in [-0.25, -0.2) is 0 Å². The molecule has 0 spiro atoms. The summed E-state index contributed by atoms with van der Waals surface area (Å²) in [4.78, 5) is 13.1. The molecule has 4 nitrogen and oxygen atoms in total. The molecule has 0 saturated heterocycles. The number of ether oxygens (including phenoxy) is 2. The van der Waals surface area contributed by atoms with Gasteiger partial charge < -0.3 is 14.4 Å². The van der Waals surface area contributed by atoms with Crippen LogP contribution in [0.2, 0.25) is 0 Å². The van der Waals surface area contributed by atoms with Crippen molar-refractivity contribution in [2.24, 2.45) is 0 Å². The van der Waals surface area contributed by atoms with Gasteiger partial charge in [-0.1, -0.05) is 12.1 Å². The Bertz CT molecular complexity index is 364. The molecule has 0 saturated carbocycles. The molecule has 1 amide bonds. The Balaban J connectivity index is 2.42. The lowest BCUT2D eigenvalue weighted by Crippen LogP contribution is -2.44. The van der Waals surface area contributed by atoms with Crippen LogP contribution in [0.25, 0.3) is 0 Å². The second kappa shape index (κ2) is 3.31. The first-order chi connectivity index (χ1) is 6.74. The third-order valence-electron chi connectivity index (χ3n) is 2.21. The summed E-state index contributed by atoms with van der Waals surface area (Å²) in [6, 6.07) is 7.36. The molecule has 1 unspecified atom stereocenters. The van der Waals surface area contributed by atoms with Gasteiger partial charge in [0.1, 0.15) is 5.75 Å². The smallest absolute Gasteiger partial charge is 0.296 e. The molecule has 0 bridgehead atoms. The Morgan fingerprint density at radius 3 is 2.86 bits per heavy atom. The molecule has 0 aromatic heterocycles. The number of fused-ring (bicyclic) bond motifs is 1. The van der Waals surface area contributed by atoms with Gasteiger partial charge in [-0.15, -0.1) is 0 Å². The fourth-order valence-corrected chi connectivity index (χ4v) is 1.43. The molecule has 4 heteroatoms. The molecule has 1 atom stereocenters. The van der Waals surface area contributed by atoms with E-state index in [0.717, 1.165) is 5.69 Å². The van der Waals surface area contributed by atoms with Crippen LogP contribution in [0.5, 0.6) is 5.75 Å². The third-order valence-corrected chi connectivity index (χ3v) is 2.21. The highest BCUT2D eigenvalue weighted by Crippen LogP contribution is 2.32. The number of nitrogens with zero attached hydrogens (tertiary/aromatic N) is 1. The summed E-state index contributed by atoms with van der Waals surface area (Å²) in [6.45, 7) is 0. The maximum Gasteiger partial charge on any atom is 0.296 e. The topological polar surface area (TPSA) is 38.8 Å². The van der Waals surface area contributed by atoms with Crippen LogP contribution in [0, 0.1) is 0 Å². The zero-order valence-electron chi connectivity index (χ0n) is 8.06. The van der Waals surface area contributed by atoms with Crippen molar-refractivity contribution in [3.8, 4) is 5.75 Å². The number of hydrogen-bond donors (Lipinski definition) is 0. The number of amides is 1. The van der Waals surface area contributed by atoms with E-state index in [0.29, 0.717) is 5.75 Å². The van der Waals surface area contributed by atoms with Gasteiger partial charge >= 0.3 is 0 Å². The van der Waals surface area contributed by atoms with Gasteiger partial charge in [0.25, 0.3) is 12.2 Å². The minimum absolute atomic E-state index is 0.189. The van der Waals surface area contributed by atoms with Crippen molar-refractivity contribution in [2.75, 3.05) is 19.1 Å². The second-order valence-electron chi connectivity index (χ2n) is 3.05. The van der Waals surface area contributed by atoms with Gasteiger partial charge in [-0.2, -0.15) is 0 Å². The summed E-state index contributed by atoms with van der Waals surface area (Å²) < 4.78 is 10.3. The van der Waals surface area contributed by atoms with Crippen LogP contribution in [-0.2, 0) is 9.53 Å². The number of methoxy groups -OCH3 is 1. The first kappa shape index (κ1) is 9.02. The molecule has 0 aliphatic carbocycles. The highest BCUT2D eigenvalue weighted by Gasteiger charge is 2.31. The molecule has 0 N–H and O–H groups in total. The van der Waals surface area contributed by atoms with E-state index in [1.165, 1.54) is 12.0 Å². The fraction of sp³-hybridized carbons (Fsp3) is 0.300. The third kappa shape index (κ3) is 1.24. The van der Waals surface area contributed by atoms with Gasteiger partial charge in [0.05, 0.1) is 5.69 Å². The van der Waals surface area contributed by atoms with Crippen molar-refractivity contribution in [3.05, 3.63) is 24.3 Å². The second-order valence-corrected chi connectivity index (χ2v) is 3.05. The Morgan fingerprint density at radius 2 is 2.14 bits per heavy atom. The Morgan fingerprint density at radius 1 is 1.43 bits per heavy atom. The molecule has 1 aliphatic heterocycles. The van der Waals surface area contributed by atoms with Crippen LogP contribution in [0.1, 0.15) is 0 Å². The van der Waals surface area contributed by atoms with Crippen LogP contribution in [0.15, 0.2) is 24.3 Å². The highest BCUT2D eigenvalue weighted by atomic mass is 16.7. The van der Waals surface area contributed by atoms with Gasteiger partial charge in [-0.05, 0) is 12.1 Å². The van der Waals surface area contributed by atoms with Crippen LogP contribution < -0.4 is 9.64 Å². The molecule has 14 heavy (non-hydrogen) atoms. The van der Waals surface area contributed by atoms with Gasteiger partial charge in [0.15, 0.2) is 0 Å². The maximum absolute atomic E-state index is 11.6. The van der Waals surface area contributed by atoms with E-state index in [1.807, 2.05) is 24.3 Å². The molecular formula is C10H11NO3. The molecule has 1 aliphatic rings. The number of carbonyl (C=O) groups is 1. The zero-order chi connectivity index (χ0) is 10.1. The average molecular weight is 193 g/mol. The lowest BCUT2D eigenvalue weighted by atomic mass is 10.2. The van der Waals surface area contributed by atoms with Crippen LogP contribution >= 0.6 is 0 Å². The molecule has 0 radical (unpaired) electrons. The number of likely N-dealkylation sites (N-methyl/N-ethyl adjacent to an activating group) is 1. The monoisotopic (exact) mass is 193 g/mol. The quantitative estimate of drug-likeness (QED) is 0.668. The van der Waals surface area contributed by atoms with Crippen molar-refractivity contribution < 1.29 is 14.3 Å². The average Bonchev–Trinajstić information content (AvgIpc) is 2.23. The van der Waals surface area contributed by atoms with E-state index in [9.17, 15) is 4.79 Å². The number of para-hydroxylation sites is 2. The first-order valence-electron chi connectivity index (χ1n) is 4.30. The van der Waals surface area contributed by atoms with Crippen LogP contribution in [0.4, 0.5) is 5.69 Å². The molecular weight excluding hydrogens is 182 g/mol. The number of hydrogen-bond acceptors (Lipinski definition) is 3. The van der Waals surface area contributed by atoms with Gasteiger partial charge in [-0.3, -0.25) is 4.79 Å². The van der Waals surface area contributed by atoms with Crippen molar-refractivity contribution in [1.29, 1.82) is 0 Å². The number of anilines is 1. The number of rotatable bonds is 1. The molecule has 0 fully saturated rings. The Labute approximate surface area is 82.0 Å². The normalized spacial score (nSPS) is 20.3. The van der Waals surface area contributed by atoms with Crippen LogP contribution in [-0.4, -0.2) is 26.4 Å². The van der Waals surface area contributed by atoms with E-state index in [2.05, 4.69) is 0 Å². The first-order valence-corrected chi connectivity index (χ1v) is 4.30. The largest absolute Gasteiger partial charge is 0.453 e. The van der Waals surface area contributed by atoms with Crippen molar-refractivity contribution in [2.45, 2.75) is 6.29 Å². The molecule has 1 aromatic rings. The van der Waals surface area contributed by atoms with E-state index in [4.69, 9.17) is 9.47 Å². The maximum atomic E-state index is 11.6. The summed E-state index contributed by atoms with van der Waals surface area (Å²) in [5, 5.41) is 0. The zero-order valence-corrected chi connectivity index (χ0v) is 8.06. The molecule has 1 aromatic carbocycles. The van der Waals surface area contributed by atoms with Gasteiger partial charge in [0.2, 0.25) is 0 Å². The number of carbonyl (C=O) groups excluding carboxylic acids is 1. The summed E-state index contributed by atoms with van der Waals surface area (Å²) in [6.07, 6.45) is -0.824. The summed E-state index contributed by atoms with van der Waals surface area (Å²) in [7, 11) is 3.15. The Kier molecular flexibility index (Phi) is 2.13. The molecule has 74 valence electrons. The standard InChI is InChI=1S/C10H11NO3/c1-11-7-5-3-4-6-8(7)14-10(13-2)9(11)12/h3-6,10H,1-2H3. The minimum atomic E-state index is -0.824. The molecule has 2 rings (SSSR count). The highest BCUT2D eigenvalue weighted by molar-refractivity contribution is 5.98. The van der Waals surface area contributed by atoms with Gasteiger partial charge in [0, 0.05) is 14.2 Å². The Hall–Kier alpha value is -1.55. The van der Waals surface area contributed by atoms with Crippen LogP contribution in [0.3, 0.4) is 0 Å². The predicted octanol–water partition coefficient (Wildman–Crippen LogP) is 1.01. The summed E-state index contributed by atoms with van der Waals surface area (Å²) in [5.74, 6) is 0.479. The number of benzene rings is 1. The van der Waals surface area contributed by atoms with E-state index in [1.54, 1.807) is 7.05 Å². The van der Waals surface area contributed by atoms with E-state index < -0.39 is 6.29 Å². The predicted molar refractivity (Wildman–Crippen MR) is 51.3 cm³/mol. The molecule has 1 heterocycles. The van der Waals surface area contributed by atoms with Crippen molar-refractivity contribution >= 4 is 11.6 Å². The fourth-order valence-electron chi connectivity index (χ4n) is 1.43. The summed E-state index contributed by atoms with van der Waals surface area (Å²) in [5.41, 5.74) is 0.769. The van der Waals surface area contributed by atoms with E-state index >= 15 is 0 Å². The van der Waals surface area contributed by atoms with Crippen molar-refractivity contribution in [1.82, 2.24) is 0 Å². The van der Waals surface area contributed by atoms with Crippen molar-refractivity contribution in [3.63, 3.8) is 0 Å². The lowest BCUT2D eigenvalue weighted by molar-refractivity contribution is -0.146. The van der Waals surface area contributed by atoms with E-state index in [-0.39, 0.29) is 5.91 Å². The minimum Gasteiger partial charge on any atom is -0.453 e. The summed E-state index contributed by atoms with van der Waals surface area (Å²) >= 11 is 0. The lowest BCUT2D eigenvalue weighted by Gasteiger charge is -2.30. The SMILES string of the molecule is COC1Oc2ccccc2N(C)C1=O.